The van der Waals surface area contributed by atoms with Crippen LogP contribution in [0.4, 0.5) is 0 Å². The minimum Gasteiger partial charge on any atom is -0.455 e. The van der Waals surface area contributed by atoms with Crippen LogP contribution < -0.4 is 0 Å². The summed E-state index contributed by atoms with van der Waals surface area (Å²) in [5.74, 6) is 0.0718. The standard InChI is InChI=1S/C25H25ClN2O2/c1-24(2)19-13-14-25(24,3)22-21(19)20(27-28(22)18-7-5-4-6-8-18)15-30-23(29)16-9-11-17(26)12-10-16/h4-12,19H,13-15H2,1-3H3/t19-,25+/m0/s1. The molecular weight excluding hydrogens is 396 g/mol. The first-order valence-corrected chi connectivity index (χ1v) is 10.8. The second kappa shape index (κ2) is 6.71. The van der Waals surface area contributed by atoms with E-state index in [1.807, 2.05) is 18.2 Å². The number of ether oxygens (including phenoxy) is 1. The van der Waals surface area contributed by atoms with Gasteiger partial charge in [-0.3, -0.25) is 0 Å². The highest BCUT2D eigenvalue weighted by Crippen LogP contribution is 2.68. The van der Waals surface area contributed by atoms with Crippen LogP contribution in [0.25, 0.3) is 5.69 Å². The van der Waals surface area contributed by atoms with Crippen LogP contribution in [0.2, 0.25) is 5.02 Å². The number of esters is 1. The summed E-state index contributed by atoms with van der Waals surface area (Å²) in [6.45, 7) is 7.27. The zero-order chi connectivity index (χ0) is 21.1. The number of halogens is 1. The number of fused-ring (bicyclic) bond motifs is 5. The predicted molar refractivity (Wildman–Crippen MR) is 117 cm³/mol. The molecule has 0 saturated heterocycles. The Morgan fingerprint density at radius 3 is 2.53 bits per heavy atom. The fraction of sp³-hybridized carbons (Fsp3) is 0.360. The highest BCUT2D eigenvalue weighted by molar-refractivity contribution is 6.30. The summed E-state index contributed by atoms with van der Waals surface area (Å²) in [6, 6.07) is 17.0. The van der Waals surface area contributed by atoms with Crippen molar-refractivity contribution in [1.82, 2.24) is 9.78 Å². The van der Waals surface area contributed by atoms with Gasteiger partial charge in [-0.05, 0) is 60.6 Å². The molecule has 1 aromatic heterocycles. The molecule has 0 unspecified atom stereocenters. The first kappa shape index (κ1) is 19.4. The van der Waals surface area contributed by atoms with E-state index in [4.69, 9.17) is 21.4 Å². The fourth-order valence-electron chi connectivity index (χ4n) is 5.47. The van der Waals surface area contributed by atoms with Crippen LogP contribution in [0.5, 0.6) is 0 Å². The van der Waals surface area contributed by atoms with Crippen LogP contribution in [0.1, 0.15) is 66.8 Å². The number of hydrogen-bond acceptors (Lipinski definition) is 3. The van der Waals surface area contributed by atoms with Gasteiger partial charge in [0.25, 0.3) is 0 Å². The SMILES string of the molecule is CC1(C)[C@H]2CC[C@]1(C)c1c2c(COC(=O)c2ccc(Cl)cc2)nn1-c1ccccc1. The van der Waals surface area contributed by atoms with Crippen molar-refractivity contribution in [1.29, 1.82) is 0 Å². The molecule has 4 nitrogen and oxygen atoms in total. The molecule has 2 bridgehead atoms. The number of carbonyl (C=O) groups is 1. The van der Waals surface area contributed by atoms with Crippen LogP contribution in [-0.2, 0) is 16.8 Å². The van der Waals surface area contributed by atoms with Crippen molar-refractivity contribution in [3.05, 3.63) is 82.1 Å². The molecule has 0 aliphatic heterocycles. The number of nitrogens with zero attached hydrogens (tertiary/aromatic N) is 2. The smallest absolute Gasteiger partial charge is 0.338 e. The summed E-state index contributed by atoms with van der Waals surface area (Å²) in [5, 5.41) is 5.55. The van der Waals surface area contributed by atoms with Crippen LogP contribution in [0.15, 0.2) is 54.6 Å². The molecule has 2 atom stereocenters. The van der Waals surface area contributed by atoms with Crippen molar-refractivity contribution < 1.29 is 9.53 Å². The van der Waals surface area contributed by atoms with Crippen LogP contribution in [0, 0.1) is 5.41 Å². The van der Waals surface area contributed by atoms with E-state index in [-0.39, 0.29) is 23.4 Å². The van der Waals surface area contributed by atoms with Gasteiger partial charge in [0.05, 0.1) is 16.9 Å². The zero-order valence-electron chi connectivity index (χ0n) is 17.5. The second-order valence-electron chi connectivity index (χ2n) is 9.18. The van der Waals surface area contributed by atoms with Gasteiger partial charge in [0.15, 0.2) is 0 Å². The van der Waals surface area contributed by atoms with Crippen LogP contribution in [0.3, 0.4) is 0 Å². The van der Waals surface area contributed by atoms with E-state index in [2.05, 4.69) is 37.6 Å². The number of benzene rings is 2. The molecule has 0 spiro atoms. The maximum atomic E-state index is 12.6. The minimum atomic E-state index is -0.358. The third-order valence-electron chi connectivity index (χ3n) is 7.52. The molecule has 30 heavy (non-hydrogen) atoms. The first-order chi connectivity index (χ1) is 14.3. The van der Waals surface area contributed by atoms with Crippen molar-refractivity contribution in [2.75, 3.05) is 0 Å². The molecule has 2 aliphatic carbocycles. The van der Waals surface area contributed by atoms with E-state index in [0.29, 0.717) is 16.5 Å². The molecule has 2 aromatic carbocycles. The van der Waals surface area contributed by atoms with Gasteiger partial charge in [-0.2, -0.15) is 5.10 Å². The van der Waals surface area contributed by atoms with Crippen LogP contribution >= 0.6 is 11.6 Å². The second-order valence-corrected chi connectivity index (χ2v) is 9.62. The Kier molecular flexibility index (Phi) is 4.33. The molecule has 1 fully saturated rings. The number of para-hydroxylation sites is 1. The third kappa shape index (κ3) is 2.66. The molecule has 5 rings (SSSR count). The van der Waals surface area contributed by atoms with Gasteiger partial charge in [-0.25, -0.2) is 9.48 Å². The maximum absolute atomic E-state index is 12.6. The van der Waals surface area contributed by atoms with Gasteiger partial charge in [0, 0.05) is 16.0 Å². The molecule has 1 heterocycles. The summed E-state index contributed by atoms with van der Waals surface area (Å²) >= 11 is 5.93. The molecule has 2 aliphatic rings. The van der Waals surface area contributed by atoms with Crippen LogP contribution in [-0.4, -0.2) is 15.7 Å². The average molecular weight is 421 g/mol. The number of rotatable bonds is 4. The van der Waals surface area contributed by atoms with Gasteiger partial charge >= 0.3 is 5.97 Å². The van der Waals surface area contributed by atoms with E-state index < -0.39 is 0 Å². The van der Waals surface area contributed by atoms with Crippen molar-refractivity contribution in [2.45, 2.75) is 51.6 Å². The molecular formula is C25H25ClN2O2. The molecule has 1 saturated carbocycles. The van der Waals surface area contributed by atoms with Crippen molar-refractivity contribution >= 4 is 17.6 Å². The van der Waals surface area contributed by atoms with Gasteiger partial charge in [-0.15, -0.1) is 0 Å². The maximum Gasteiger partial charge on any atom is 0.338 e. The van der Waals surface area contributed by atoms with E-state index in [9.17, 15) is 4.79 Å². The van der Waals surface area contributed by atoms with E-state index >= 15 is 0 Å². The molecule has 0 N–H and O–H groups in total. The number of aromatic nitrogens is 2. The molecule has 5 heteroatoms. The summed E-state index contributed by atoms with van der Waals surface area (Å²) in [4.78, 5) is 12.6. The van der Waals surface area contributed by atoms with E-state index in [0.717, 1.165) is 24.2 Å². The summed E-state index contributed by atoms with van der Waals surface area (Å²) in [7, 11) is 0. The number of carbonyl (C=O) groups excluding carboxylic acids is 1. The third-order valence-corrected chi connectivity index (χ3v) is 7.77. The fourth-order valence-corrected chi connectivity index (χ4v) is 5.59. The molecule has 3 aromatic rings. The van der Waals surface area contributed by atoms with E-state index in [1.165, 1.54) is 11.3 Å². The van der Waals surface area contributed by atoms with Gasteiger partial charge in [0.1, 0.15) is 12.3 Å². The Labute approximate surface area is 181 Å². The van der Waals surface area contributed by atoms with Crippen molar-refractivity contribution in [2.24, 2.45) is 5.41 Å². The Balaban J connectivity index is 1.53. The van der Waals surface area contributed by atoms with Gasteiger partial charge < -0.3 is 4.74 Å². The Morgan fingerprint density at radius 1 is 1.13 bits per heavy atom. The molecule has 0 radical (unpaired) electrons. The average Bonchev–Trinajstić information content (AvgIpc) is 3.29. The topological polar surface area (TPSA) is 44.1 Å². The highest BCUT2D eigenvalue weighted by Gasteiger charge is 2.62. The van der Waals surface area contributed by atoms with Gasteiger partial charge in [0.2, 0.25) is 0 Å². The lowest BCUT2D eigenvalue weighted by atomic mass is 9.70. The number of hydrogen-bond donors (Lipinski definition) is 0. The lowest BCUT2D eigenvalue weighted by Crippen LogP contribution is -2.33. The normalized spacial score (nSPS) is 23.4. The Morgan fingerprint density at radius 2 is 1.83 bits per heavy atom. The predicted octanol–water partition coefficient (Wildman–Crippen LogP) is 6.06. The molecule has 0 amide bonds. The summed E-state index contributed by atoms with van der Waals surface area (Å²) in [5.41, 5.74) is 5.17. The zero-order valence-corrected chi connectivity index (χ0v) is 18.2. The van der Waals surface area contributed by atoms with Gasteiger partial charge in [-0.1, -0.05) is 50.6 Å². The quantitative estimate of drug-likeness (QED) is 0.482. The highest BCUT2D eigenvalue weighted by atomic mass is 35.5. The van der Waals surface area contributed by atoms with Crippen molar-refractivity contribution in [3.8, 4) is 5.69 Å². The Bertz CT molecular complexity index is 1120. The summed E-state index contributed by atoms with van der Waals surface area (Å²) < 4.78 is 7.76. The first-order valence-electron chi connectivity index (χ1n) is 10.4. The van der Waals surface area contributed by atoms with E-state index in [1.54, 1.807) is 24.3 Å². The largest absolute Gasteiger partial charge is 0.455 e. The lowest BCUT2D eigenvalue weighted by molar-refractivity contribution is 0.0465. The summed E-state index contributed by atoms with van der Waals surface area (Å²) in [6.07, 6.45) is 2.30. The van der Waals surface area contributed by atoms with Crippen molar-refractivity contribution in [3.63, 3.8) is 0 Å². The molecule has 154 valence electrons. The lowest BCUT2D eigenvalue weighted by Gasteiger charge is -2.35. The monoisotopic (exact) mass is 420 g/mol. The Hall–Kier alpha value is -2.59. The minimum absolute atomic E-state index is 0.0499.